The van der Waals surface area contributed by atoms with E-state index in [1.807, 2.05) is 36.4 Å². The van der Waals surface area contributed by atoms with E-state index in [1.54, 1.807) is 0 Å². The summed E-state index contributed by atoms with van der Waals surface area (Å²) in [6.07, 6.45) is 0.887. The number of hydrogen-bond acceptors (Lipinski definition) is 4. The molecule has 0 aromatic heterocycles. The molecule has 0 saturated carbocycles. The fraction of sp³-hybridized carbons (Fsp3) is 0.292. The molecule has 5 heteroatoms. The minimum Gasteiger partial charge on any atom is -0.493 e. The summed E-state index contributed by atoms with van der Waals surface area (Å²) >= 11 is 0. The molecule has 0 bridgehead atoms. The van der Waals surface area contributed by atoms with Crippen molar-refractivity contribution in [3.05, 3.63) is 60.7 Å². The molecule has 1 saturated heterocycles. The third kappa shape index (κ3) is 4.94. The highest BCUT2D eigenvalue weighted by atomic mass is 16.6. The minimum atomic E-state index is -0.0852. The second-order valence-electron chi connectivity index (χ2n) is 7.16. The highest BCUT2D eigenvalue weighted by Gasteiger charge is 2.14. The van der Waals surface area contributed by atoms with Gasteiger partial charge >= 0.3 is 0 Å². The van der Waals surface area contributed by atoms with Crippen molar-refractivity contribution in [2.24, 2.45) is 0 Å². The molecule has 3 aromatic carbocycles. The first-order chi connectivity index (χ1) is 14.2. The van der Waals surface area contributed by atoms with E-state index >= 15 is 0 Å². The largest absolute Gasteiger partial charge is 0.493 e. The first kappa shape index (κ1) is 19.4. The second kappa shape index (κ2) is 9.07. The van der Waals surface area contributed by atoms with Gasteiger partial charge in [0.25, 0.3) is 0 Å². The fourth-order valence-corrected chi connectivity index (χ4v) is 3.58. The molecule has 1 amide bonds. The number of carbonyl (C=O) groups excluding carboxylic acids is 1. The number of hydrogen-bond donors (Lipinski definition) is 1. The molecule has 1 fully saturated rings. The highest BCUT2D eigenvalue weighted by molar-refractivity contribution is 5.99. The minimum absolute atomic E-state index is 0.0852. The van der Waals surface area contributed by atoms with E-state index in [2.05, 4.69) is 29.6 Å². The number of nitrogens with one attached hydrogen (secondary N) is 1. The predicted molar refractivity (Wildman–Crippen MR) is 114 cm³/mol. The Balaban J connectivity index is 1.60. The van der Waals surface area contributed by atoms with Crippen LogP contribution in [0.15, 0.2) is 60.7 Å². The molecule has 1 heterocycles. The smallest absolute Gasteiger partial charge is 0.221 e. The van der Waals surface area contributed by atoms with Crippen LogP contribution in [0.2, 0.25) is 0 Å². The standard InChI is InChI=1S/C24H25NO4/c1-17(26)25-20-7-4-6-18(13-20)24-15-22(14-19-5-2-3-8-23(19)24)28-10-9-21-16-27-11-12-29-21/h2-8,13-15,21H,9-12,16H2,1H3,(H,25,26). The lowest BCUT2D eigenvalue weighted by Crippen LogP contribution is -2.29. The van der Waals surface area contributed by atoms with Crippen molar-refractivity contribution in [2.45, 2.75) is 19.4 Å². The third-order valence-electron chi connectivity index (χ3n) is 4.92. The molecule has 5 nitrogen and oxygen atoms in total. The molecular weight excluding hydrogens is 366 g/mol. The number of benzene rings is 3. The molecule has 1 aliphatic rings. The van der Waals surface area contributed by atoms with Gasteiger partial charge in [0.2, 0.25) is 5.91 Å². The van der Waals surface area contributed by atoms with Gasteiger partial charge in [-0.15, -0.1) is 0 Å². The van der Waals surface area contributed by atoms with Gasteiger partial charge in [0.1, 0.15) is 5.75 Å². The Labute approximate surface area is 170 Å². The Hall–Kier alpha value is -2.89. The van der Waals surface area contributed by atoms with Crippen molar-refractivity contribution in [1.29, 1.82) is 0 Å². The molecule has 1 atom stereocenters. The summed E-state index contributed by atoms with van der Waals surface area (Å²) < 4.78 is 17.2. The van der Waals surface area contributed by atoms with E-state index in [9.17, 15) is 4.79 Å². The van der Waals surface area contributed by atoms with Gasteiger partial charge < -0.3 is 19.5 Å². The van der Waals surface area contributed by atoms with Gasteiger partial charge in [-0.05, 0) is 46.2 Å². The van der Waals surface area contributed by atoms with Gasteiger partial charge in [0.05, 0.1) is 32.5 Å². The van der Waals surface area contributed by atoms with Gasteiger partial charge in [0, 0.05) is 19.0 Å². The summed E-state index contributed by atoms with van der Waals surface area (Å²) in [5.41, 5.74) is 2.88. The highest BCUT2D eigenvalue weighted by Crippen LogP contribution is 2.34. The van der Waals surface area contributed by atoms with E-state index in [4.69, 9.17) is 14.2 Å². The second-order valence-corrected chi connectivity index (χ2v) is 7.16. The van der Waals surface area contributed by atoms with Crippen LogP contribution in [0.1, 0.15) is 13.3 Å². The molecule has 1 unspecified atom stereocenters. The average Bonchev–Trinajstić information content (AvgIpc) is 2.74. The summed E-state index contributed by atoms with van der Waals surface area (Å²) in [5.74, 6) is 0.735. The van der Waals surface area contributed by atoms with Crippen LogP contribution < -0.4 is 10.1 Å². The van der Waals surface area contributed by atoms with Gasteiger partial charge in [-0.2, -0.15) is 0 Å². The van der Waals surface area contributed by atoms with Crippen LogP contribution in [-0.2, 0) is 14.3 Å². The average molecular weight is 391 g/mol. The Bertz CT molecular complexity index is 995. The molecule has 150 valence electrons. The first-order valence-electron chi connectivity index (χ1n) is 9.92. The van der Waals surface area contributed by atoms with Crippen molar-refractivity contribution in [3.8, 4) is 16.9 Å². The number of fused-ring (bicyclic) bond motifs is 1. The number of anilines is 1. The maximum absolute atomic E-state index is 11.4. The van der Waals surface area contributed by atoms with Gasteiger partial charge in [0.15, 0.2) is 0 Å². The van der Waals surface area contributed by atoms with E-state index in [-0.39, 0.29) is 12.0 Å². The van der Waals surface area contributed by atoms with Gasteiger partial charge in [-0.3, -0.25) is 4.79 Å². The Kier molecular flexibility index (Phi) is 6.08. The molecule has 0 radical (unpaired) electrons. The summed E-state index contributed by atoms with van der Waals surface area (Å²) in [7, 11) is 0. The maximum Gasteiger partial charge on any atom is 0.221 e. The number of amides is 1. The van der Waals surface area contributed by atoms with Crippen molar-refractivity contribution in [3.63, 3.8) is 0 Å². The monoisotopic (exact) mass is 391 g/mol. The molecule has 0 aliphatic carbocycles. The molecule has 0 spiro atoms. The quantitative estimate of drug-likeness (QED) is 0.665. The van der Waals surface area contributed by atoms with E-state index < -0.39 is 0 Å². The summed E-state index contributed by atoms with van der Waals surface area (Å²) in [6, 6.07) is 20.2. The fourth-order valence-electron chi connectivity index (χ4n) is 3.58. The normalized spacial score (nSPS) is 16.5. The molecule has 1 aliphatic heterocycles. The van der Waals surface area contributed by atoms with E-state index in [0.29, 0.717) is 26.4 Å². The van der Waals surface area contributed by atoms with Gasteiger partial charge in [-0.25, -0.2) is 0 Å². The zero-order valence-corrected chi connectivity index (χ0v) is 16.5. The summed E-state index contributed by atoms with van der Waals surface area (Å²) in [6.45, 7) is 4.02. The van der Waals surface area contributed by atoms with Crippen LogP contribution in [-0.4, -0.2) is 38.4 Å². The lowest BCUT2D eigenvalue weighted by Gasteiger charge is -2.23. The first-order valence-corrected chi connectivity index (χ1v) is 9.92. The zero-order valence-electron chi connectivity index (χ0n) is 16.5. The molecule has 4 rings (SSSR count). The van der Waals surface area contributed by atoms with Crippen molar-refractivity contribution < 1.29 is 19.0 Å². The van der Waals surface area contributed by atoms with E-state index in [0.717, 1.165) is 39.8 Å². The molecular formula is C24H25NO4. The number of rotatable bonds is 6. The van der Waals surface area contributed by atoms with Gasteiger partial charge in [-0.1, -0.05) is 36.4 Å². The molecule has 29 heavy (non-hydrogen) atoms. The van der Waals surface area contributed by atoms with Crippen molar-refractivity contribution in [1.82, 2.24) is 0 Å². The topological polar surface area (TPSA) is 56.8 Å². The summed E-state index contributed by atoms with van der Waals surface area (Å²) in [5, 5.41) is 5.11. The Morgan fingerprint density at radius 1 is 1.10 bits per heavy atom. The van der Waals surface area contributed by atoms with Crippen LogP contribution in [0.25, 0.3) is 21.9 Å². The number of carbonyl (C=O) groups is 1. The van der Waals surface area contributed by atoms with Crippen molar-refractivity contribution >= 4 is 22.4 Å². The lowest BCUT2D eigenvalue weighted by molar-refractivity contribution is -0.114. The Morgan fingerprint density at radius 2 is 2.00 bits per heavy atom. The van der Waals surface area contributed by atoms with Crippen LogP contribution in [0, 0.1) is 0 Å². The maximum atomic E-state index is 11.4. The van der Waals surface area contributed by atoms with Crippen molar-refractivity contribution in [2.75, 3.05) is 31.7 Å². The number of ether oxygens (including phenoxy) is 3. The van der Waals surface area contributed by atoms with Crippen LogP contribution in [0.5, 0.6) is 5.75 Å². The Morgan fingerprint density at radius 3 is 2.83 bits per heavy atom. The summed E-state index contributed by atoms with van der Waals surface area (Å²) in [4.78, 5) is 11.4. The molecule has 3 aromatic rings. The van der Waals surface area contributed by atoms with Crippen LogP contribution in [0.4, 0.5) is 5.69 Å². The van der Waals surface area contributed by atoms with Crippen LogP contribution in [0.3, 0.4) is 0 Å². The predicted octanol–water partition coefficient (Wildman–Crippen LogP) is 4.65. The molecule has 1 N–H and O–H groups in total. The van der Waals surface area contributed by atoms with E-state index in [1.165, 1.54) is 6.92 Å². The SMILES string of the molecule is CC(=O)Nc1cccc(-c2cc(OCCC3COCCO3)cc3ccccc23)c1. The lowest BCUT2D eigenvalue weighted by atomic mass is 9.97. The van der Waals surface area contributed by atoms with Crippen LogP contribution >= 0.6 is 0 Å². The third-order valence-corrected chi connectivity index (χ3v) is 4.92. The zero-order chi connectivity index (χ0) is 20.1.